The van der Waals surface area contributed by atoms with Crippen LogP contribution in [-0.2, 0) is 0 Å². The number of hydrogen-bond donors (Lipinski definition) is 1. The largest absolute Gasteiger partial charge is 0.330 e. The van der Waals surface area contributed by atoms with Crippen LogP contribution >= 0.6 is 0 Å². The van der Waals surface area contributed by atoms with E-state index in [9.17, 15) is 0 Å². The quantitative estimate of drug-likeness (QED) is 0.740. The summed E-state index contributed by atoms with van der Waals surface area (Å²) in [7, 11) is 0. The predicted molar refractivity (Wildman–Crippen MR) is 76.1 cm³/mol. The van der Waals surface area contributed by atoms with Crippen LogP contribution < -0.4 is 5.73 Å². The molecule has 0 aromatic rings. The molecule has 1 fully saturated rings. The standard InChI is InChI=1S/C15H32N2/c1-4-10-17(13-15(2,3)12-16)11-14-8-6-5-7-9-14/h14H,4-13,16H2,1-3H3. The SMILES string of the molecule is CCCN(CC1CCCCC1)CC(C)(C)CN. The second-order valence-electron chi connectivity index (χ2n) is 6.61. The molecule has 17 heavy (non-hydrogen) atoms. The summed E-state index contributed by atoms with van der Waals surface area (Å²) in [6, 6.07) is 0. The van der Waals surface area contributed by atoms with Crippen molar-refractivity contribution in [2.45, 2.75) is 59.3 Å². The van der Waals surface area contributed by atoms with E-state index in [4.69, 9.17) is 5.73 Å². The normalized spacial score (nSPS) is 18.9. The van der Waals surface area contributed by atoms with Gasteiger partial charge in [-0.1, -0.05) is 40.0 Å². The molecule has 2 N–H and O–H groups in total. The Labute approximate surface area is 108 Å². The molecule has 0 unspecified atom stereocenters. The van der Waals surface area contributed by atoms with E-state index < -0.39 is 0 Å². The smallest absolute Gasteiger partial charge is 0.00449 e. The lowest BCUT2D eigenvalue weighted by molar-refractivity contribution is 0.145. The van der Waals surface area contributed by atoms with Crippen molar-refractivity contribution in [3.63, 3.8) is 0 Å². The first-order valence-corrected chi connectivity index (χ1v) is 7.50. The van der Waals surface area contributed by atoms with Gasteiger partial charge in [-0.25, -0.2) is 0 Å². The minimum atomic E-state index is 0.268. The molecule has 2 nitrogen and oxygen atoms in total. The number of nitrogens with two attached hydrogens (primary N) is 1. The summed E-state index contributed by atoms with van der Waals surface area (Å²) in [6.45, 7) is 11.3. The maximum absolute atomic E-state index is 5.86. The highest BCUT2D eigenvalue weighted by Gasteiger charge is 2.22. The minimum Gasteiger partial charge on any atom is -0.330 e. The van der Waals surface area contributed by atoms with Crippen molar-refractivity contribution in [1.82, 2.24) is 4.90 Å². The highest BCUT2D eigenvalue weighted by Crippen LogP contribution is 2.25. The molecule has 0 aliphatic heterocycles. The summed E-state index contributed by atoms with van der Waals surface area (Å²) in [5.41, 5.74) is 6.12. The third-order valence-corrected chi connectivity index (χ3v) is 3.99. The average Bonchev–Trinajstić information content (AvgIpc) is 2.30. The maximum Gasteiger partial charge on any atom is 0.00449 e. The molecular weight excluding hydrogens is 208 g/mol. The third kappa shape index (κ3) is 5.87. The first-order valence-electron chi connectivity index (χ1n) is 7.50. The van der Waals surface area contributed by atoms with Gasteiger partial charge in [-0.05, 0) is 43.7 Å². The lowest BCUT2D eigenvalue weighted by atomic mass is 9.87. The number of hydrogen-bond acceptors (Lipinski definition) is 2. The van der Waals surface area contributed by atoms with Gasteiger partial charge < -0.3 is 10.6 Å². The Bertz CT molecular complexity index is 195. The minimum absolute atomic E-state index is 0.268. The molecule has 0 heterocycles. The molecule has 1 aliphatic rings. The van der Waals surface area contributed by atoms with Crippen LogP contribution in [0.5, 0.6) is 0 Å². The van der Waals surface area contributed by atoms with Crippen molar-refractivity contribution in [3.8, 4) is 0 Å². The monoisotopic (exact) mass is 240 g/mol. The van der Waals surface area contributed by atoms with E-state index in [1.54, 1.807) is 0 Å². The van der Waals surface area contributed by atoms with Gasteiger partial charge in [0, 0.05) is 13.1 Å². The van der Waals surface area contributed by atoms with E-state index in [0.717, 1.165) is 19.0 Å². The van der Waals surface area contributed by atoms with Gasteiger partial charge in [0.15, 0.2) is 0 Å². The Morgan fingerprint density at radius 3 is 2.35 bits per heavy atom. The Balaban J connectivity index is 2.41. The summed E-state index contributed by atoms with van der Waals surface area (Å²) >= 11 is 0. The van der Waals surface area contributed by atoms with E-state index in [1.165, 1.54) is 51.6 Å². The van der Waals surface area contributed by atoms with Crippen LogP contribution in [0.3, 0.4) is 0 Å². The van der Waals surface area contributed by atoms with Crippen molar-refractivity contribution in [2.75, 3.05) is 26.2 Å². The van der Waals surface area contributed by atoms with Gasteiger partial charge in [-0.3, -0.25) is 0 Å². The lowest BCUT2D eigenvalue weighted by Crippen LogP contribution is -2.41. The average molecular weight is 240 g/mol. The zero-order valence-electron chi connectivity index (χ0n) is 12.2. The van der Waals surface area contributed by atoms with Crippen LogP contribution in [0.2, 0.25) is 0 Å². The molecule has 1 rings (SSSR count). The summed E-state index contributed by atoms with van der Waals surface area (Å²) in [5, 5.41) is 0. The van der Waals surface area contributed by atoms with Crippen molar-refractivity contribution in [1.29, 1.82) is 0 Å². The van der Waals surface area contributed by atoms with E-state index in [2.05, 4.69) is 25.7 Å². The van der Waals surface area contributed by atoms with Crippen molar-refractivity contribution in [3.05, 3.63) is 0 Å². The summed E-state index contributed by atoms with van der Waals surface area (Å²) < 4.78 is 0. The number of rotatable bonds is 7. The van der Waals surface area contributed by atoms with Gasteiger partial charge in [-0.2, -0.15) is 0 Å². The molecule has 0 amide bonds. The fourth-order valence-corrected chi connectivity index (χ4v) is 2.96. The highest BCUT2D eigenvalue weighted by atomic mass is 15.1. The fourth-order valence-electron chi connectivity index (χ4n) is 2.96. The molecular formula is C15H32N2. The third-order valence-electron chi connectivity index (χ3n) is 3.99. The van der Waals surface area contributed by atoms with Crippen molar-refractivity contribution in [2.24, 2.45) is 17.1 Å². The molecule has 0 saturated heterocycles. The van der Waals surface area contributed by atoms with Crippen molar-refractivity contribution < 1.29 is 0 Å². The second kappa shape index (κ2) is 7.38. The lowest BCUT2D eigenvalue weighted by Gasteiger charge is -2.35. The zero-order chi connectivity index (χ0) is 12.7. The Morgan fingerprint density at radius 1 is 1.18 bits per heavy atom. The first kappa shape index (κ1) is 15.0. The number of nitrogens with zero attached hydrogens (tertiary/aromatic N) is 1. The van der Waals surface area contributed by atoms with Gasteiger partial charge in [-0.15, -0.1) is 0 Å². The van der Waals surface area contributed by atoms with E-state index in [1.807, 2.05) is 0 Å². The van der Waals surface area contributed by atoms with Crippen LogP contribution in [-0.4, -0.2) is 31.1 Å². The van der Waals surface area contributed by atoms with Crippen LogP contribution in [0.1, 0.15) is 59.3 Å². The molecule has 1 aliphatic carbocycles. The van der Waals surface area contributed by atoms with Crippen LogP contribution in [0.4, 0.5) is 0 Å². The van der Waals surface area contributed by atoms with Gasteiger partial charge in [0.2, 0.25) is 0 Å². The van der Waals surface area contributed by atoms with Gasteiger partial charge in [0.1, 0.15) is 0 Å². The molecule has 1 saturated carbocycles. The second-order valence-corrected chi connectivity index (χ2v) is 6.61. The predicted octanol–water partition coefficient (Wildman–Crippen LogP) is 3.26. The molecule has 0 atom stereocenters. The fraction of sp³-hybridized carbons (Fsp3) is 1.00. The highest BCUT2D eigenvalue weighted by molar-refractivity contribution is 4.77. The topological polar surface area (TPSA) is 29.3 Å². The van der Waals surface area contributed by atoms with Gasteiger partial charge in [0.05, 0.1) is 0 Å². The Hall–Kier alpha value is -0.0800. The van der Waals surface area contributed by atoms with Gasteiger partial charge in [0.25, 0.3) is 0 Å². The maximum atomic E-state index is 5.86. The summed E-state index contributed by atoms with van der Waals surface area (Å²) in [6.07, 6.45) is 8.51. The van der Waals surface area contributed by atoms with Crippen molar-refractivity contribution >= 4 is 0 Å². The molecule has 0 aromatic carbocycles. The van der Waals surface area contributed by atoms with Crippen LogP contribution in [0.15, 0.2) is 0 Å². The van der Waals surface area contributed by atoms with E-state index >= 15 is 0 Å². The zero-order valence-corrected chi connectivity index (χ0v) is 12.2. The Morgan fingerprint density at radius 2 is 1.82 bits per heavy atom. The van der Waals surface area contributed by atoms with E-state index in [-0.39, 0.29) is 5.41 Å². The molecule has 0 bridgehead atoms. The van der Waals surface area contributed by atoms with Crippen LogP contribution in [0.25, 0.3) is 0 Å². The van der Waals surface area contributed by atoms with E-state index in [0.29, 0.717) is 0 Å². The molecule has 102 valence electrons. The van der Waals surface area contributed by atoms with Crippen LogP contribution in [0, 0.1) is 11.3 Å². The molecule has 0 aromatic heterocycles. The molecule has 2 heteroatoms. The Kier molecular flexibility index (Phi) is 6.50. The first-order chi connectivity index (χ1) is 8.07. The molecule has 0 radical (unpaired) electrons. The summed E-state index contributed by atoms with van der Waals surface area (Å²) in [4.78, 5) is 2.66. The van der Waals surface area contributed by atoms with Gasteiger partial charge >= 0.3 is 0 Å². The summed E-state index contributed by atoms with van der Waals surface area (Å²) in [5.74, 6) is 0.948. The molecule has 0 spiro atoms.